The number of aromatic nitrogens is 1. The smallest absolute Gasteiger partial charge is 0.0281 e. The molecule has 1 atom stereocenters. The quantitative estimate of drug-likeness (QED) is 0.548. The predicted octanol–water partition coefficient (Wildman–Crippen LogP) is 2.78. The highest BCUT2D eigenvalue weighted by Gasteiger charge is 2.23. The van der Waals surface area contributed by atoms with Crippen LogP contribution in [0.15, 0.2) is 18.3 Å². The molecule has 1 aromatic heterocycles. The van der Waals surface area contributed by atoms with E-state index >= 15 is 0 Å². The van der Waals surface area contributed by atoms with E-state index in [2.05, 4.69) is 29.0 Å². The maximum absolute atomic E-state index is 2.44. The highest BCUT2D eigenvalue weighted by Crippen LogP contribution is 2.36. The van der Waals surface area contributed by atoms with Crippen LogP contribution in [0, 0.1) is 0 Å². The zero-order chi connectivity index (χ0) is 7.97. The van der Waals surface area contributed by atoms with Crippen LogP contribution in [-0.4, -0.2) is 4.57 Å². The molecule has 1 unspecified atom stereocenters. The molecular formula is C11H13N. The summed E-state index contributed by atoms with van der Waals surface area (Å²) in [5.41, 5.74) is 3.06. The summed E-state index contributed by atoms with van der Waals surface area (Å²) in [6.45, 7) is 1.24. The number of rotatable bonds is 0. The molecule has 1 aliphatic carbocycles. The van der Waals surface area contributed by atoms with Gasteiger partial charge in [-0.2, -0.15) is 0 Å². The third kappa shape index (κ3) is 0.739. The van der Waals surface area contributed by atoms with Crippen molar-refractivity contribution in [1.29, 1.82) is 0 Å². The molecule has 0 radical (unpaired) electrons. The molecule has 0 saturated heterocycles. The second-order valence-electron chi connectivity index (χ2n) is 3.83. The molecule has 0 fully saturated rings. The molecule has 3 rings (SSSR count). The second kappa shape index (κ2) is 2.25. The lowest BCUT2D eigenvalue weighted by Gasteiger charge is -2.27. The molecule has 62 valence electrons. The van der Waals surface area contributed by atoms with Crippen LogP contribution >= 0.6 is 0 Å². The molecule has 0 spiro atoms. The first-order valence-corrected chi connectivity index (χ1v) is 4.81. The van der Waals surface area contributed by atoms with Crippen molar-refractivity contribution in [2.45, 2.75) is 31.7 Å². The summed E-state index contributed by atoms with van der Waals surface area (Å²) in [4.78, 5) is 0. The van der Waals surface area contributed by atoms with Gasteiger partial charge in [-0.15, -0.1) is 0 Å². The Hall–Kier alpha value is -0.980. The van der Waals surface area contributed by atoms with E-state index in [9.17, 15) is 0 Å². The van der Waals surface area contributed by atoms with E-state index in [0.29, 0.717) is 0 Å². The SMILES string of the molecule is C1=Cc2ccn3c2C(C1)CCC3. The van der Waals surface area contributed by atoms with Crippen LogP contribution in [-0.2, 0) is 6.54 Å². The normalized spacial score (nSPS) is 25.5. The average Bonchev–Trinajstić information content (AvgIpc) is 2.52. The first kappa shape index (κ1) is 6.53. The zero-order valence-electron chi connectivity index (χ0n) is 7.16. The van der Waals surface area contributed by atoms with Crippen molar-refractivity contribution in [1.82, 2.24) is 4.57 Å². The Morgan fingerprint density at radius 2 is 2.42 bits per heavy atom. The summed E-state index contributed by atoms with van der Waals surface area (Å²) in [7, 11) is 0. The van der Waals surface area contributed by atoms with E-state index in [4.69, 9.17) is 0 Å². The Kier molecular flexibility index (Phi) is 1.23. The Balaban J connectivity index is 2.22. The van der Waals surface area contributed by atoms with Gasteiger partial charge in [0.1, 0.15) is 0 Å². The van der Waals surface area contributed by atoms with Crippen LogP contribution in [0.3, 0.4) is 0 Å². The second-order valence-corrected chi connectivity index (χ2v) is 3.83. The highest BCUT2D eigenvalue weighted by molar-refractivity contribution is 5.56. The lowest BCUT2D eigenvalue weighted by molar-refractivity contribution is 0.454. The van der Waals surface area contributed by atoms with Crippen molar-refractivity contribution in [3.05, 3.63) is 29.6 Å². The molecule has 0 saturated carbocycles. The molecule has 0 aromatic carbocycles. The third-order valence-corrected chi connectivity index (χ3v) is 3.10. The van der Waals surface area contributed by atoms with Gasteiger partial charge in [0.2, 0.25) is 0 Å². The van der Waals surface area contributed by atoms with Crippen LogP contribution in [0.4, 0.5) is 0 Å². The summed E-state index contributed by atoms with van der Waals surface area (Å²) in [5, 5.41) is 0. The molecule has 12 heavy (non-hydrogen) atoms. The topological polar surface area (TPSA) is 4.93 Å². The fraction of sp³-hybridized carbons (Fsp3) is 0.455. The number of hydrogen-bond acceptors (Lipinski definition) is 0. The fourth-order valence-electron chi connectivity index (χ4n) is 2.54. The van der Waals surface area contributed by atoms with Crippen molar-refractivity contribution >= 4 is 6.08 Å². The van der Waals surface area contributed by atoms with E-state index in [0.717, 1.165) is 5.92 Å². The molecule has 1 nitrogen and oxygen atoms in total. The summed E-state index contributed by atoms with van der Waals surface area (Å²) in [6.07, 6.45) is 10.8. The Morgan fingerprint density at radius 3 is 3.42 bits per heavy atom. The van der Waals surface area contributed by atoms with Gasteiger partial charge < -0.3 is 4.57 Å². The van der Waals surface area contributed by atoms with Gasteiger partial charge in [0.05, 0.1) is 0 Å². The number of allylic oxidation sites excluding steroid dienone is 1. The van der Waals surface area contributed by atoms with Crippen molar-refractivity contribution in [3.8, 4) is 0 Å². The van der Waals surface area contributed by atoms with Crippen molar-refractivity contribution < 1.29 is 0 Å². The van der Waals surface area contributed by atoms with E-state index in [1.807, 2.05) is 0 Å². The number of aryl methyl sites for hydroxylation is 1. The van der Waals surface area contributed by atoms with Gasteiger partial charge in [-0.3, -0.25) is 0 Å². The fourth-order valence-corrected chi connectivity index (χ4v) is 2.54. The molecule has 0 amide bonds. The first-order valence-electron chi connectivity index (χ1n) is 4.81. The van der Waals surface area contributed by atoms with Gasteiger partial charge in [0.25, 0.3) is 0 Å². The first-order chi connectivity index (χ1) is 5.95. The summed E-state index contributed by atoms with van der Waals surface area (Å²) < 4.78 is 2.44. The molecule has 1 aliphatic heterocycles. The van der Waals surface area contributed by atoms with Gasteiger partial charge in [-0.05, 0) is 30.9 Å². The minimum absolute atomic E-state index is 0.828. The lowest BCUT2D eigenvalue weighted by atomic mass is 9.87. The standard InChI is InChI=1S/C11H13N/c1-3-9-5-2-7-12-8-6-10(4-1)11(9)12/h1,4,6,8-9H,2-3,5,7H2. The maximum atomic E-state index is 2.44. The van der Waals surface area contributed by atoms with Gasteiger partial charge in [-0.1, -0.05) is 12.2 Å². The third-order valence-electron chi connectivity index (χ3n) is 3.10. The van der Waals surface area contributed by atoms with E-state index in [1.165, 1.54) is 31.4 Å². The van der Waals surface area contributed by atoms with Crippen LogP contribution in [0.5, 0.6) is 0 Å². The zero-order valence-corrected chi connectivity index (χ0v) is 7.16. The number of hydrogen-bond donors (Lipinski definition) is 0. The molecule has 0 bridgehead atoms. The molecule has 1 heteroatoms. The van der Waals surface area contributed by atoms with Gasteiger partial charge in [0, 0.05) is 24.4 Å². The molecule has 0 N–H and O–H groups in total. The average molecular weight is 159 g/mol. The van der Waals surface area contributed by atoms with Crippen molar-refractivity contribution in [3.63, 3.8) is 0 Å². The molecule has 2 aliphatic rings. The minimum Gasteiger partial charge on any atom is -0.351 e. The lowest BCUT2D eigenvalue weighted by Crippen LogP contribution is -2.16. The minimum atomic E-state index is 0.828. The van der Waals surface area contributed by atoms with Crippen molar-refractivity contribution in [2.24, 2.45) is 0 Å². The van der Waals surface area contributed by atoms with Gasteiger partial charge >= 0.3 is 0 Å². The Morgan fingerprint density at radius 1 is 1.42 bits per heavy atom. The van der Waals surface area contributed by atoms with E-state index in [-0.39, 0.29) is 0 Å². The largest absolute Gasteiger partial charge is 0.351 e. The summed E-state index contributed by atoms with van der Waals surface area (Å²) >= 11 is 0. The van der Waals surface area contributed by atoms with Gasteiger partial charge in [0.15, 0.2) is 0 Å². The summed E-state index contributed by atoms with van der Waals surface area (Å²) in [5.74, 6) is 0.828. The van der Waals surface area contributed by atoms with Crippen LogP contribution in [0.1, 0.15) is 36.4 Å². The van der Waals surface area contributed by atoms with Crippen LogP contribution in [0.2, 0.25) is 0 Å². The molecule has 1 aromatic rings. The van der Waals surface area contributed by atoms with E-state index in [1.54, 1.807) is 5.69 Å². The Labute approximate surface area is 72.7 Å². The predicted molar refractivity (Wildman–Crippen MR) is 50.1 cm³/mol. The maximum Gasteiger partial charge on any atom is 0.0281 e. The molecule has 2 heterocycles. The highest BCUT2D eigenvalue weighted by atomic mass is 15.0. The van der Waals surface area contributed by atoms with Crippen LogP contribution < -0.4 is 0 Å². The van der Waals surface area contributed by atoms with E-state index < -0.39 is 0 Å². The molecular weight excluding hydrogens is 146 g/mol. The summed E-state index contributed by atoms with van der Waals surface area (Å²) in [6, 6.07) is 2.25. The van der Waals surface area contributed by atoms with Crippen molar-refractivity contribution in [2.75, 3.05) is 0 Å². The monoisotopic (exact) mass is 159 g/mol. The van der Waals surface area contributed by atoms with Gasteiger partial charge in [-0.25, -0.2) is 0 Å². The Bertz CT molecular complexity index is 333. The number of nitrogens with zero attached hydrogens (tertiary/aromatic N) is 1. The van der Waals surface area contributed by atoms with Crippen LogP contribution in [0.25, 0.3) is 6.08 Å².